The molecule has 0 aliphatic heterocycles. The molecule has 2 atom stereocenters. The number of aliphatic hydroxyl groups excluding tert-OH is 1. The molecular formula is C11H18O3. The molecule has 0 radical (unpaired) electrons. The first-order chi connectivity index (χ1) is 6.61. The van der Waals surface area contributed by atoms with Crippen molar-refractivity contribution < 1.29 is 14.6 Å². The standard InChI is InChI=1S/C11H18O3/c1-4-10(12)9(2)7-5-6-8-11(13)14-3/h5-10,12H,4H2,1-3H3/b7-5+,8-6+. The Balaban J connectivity index is 3.93. The maximum Gasteiger partial charge on any atom is 0.330 e. The number of methoxy groups -OCH3 is 1. The predicted molar refractivity (Wildman–Crippen MR) is 55.8 cm³/mol. The Kier molecular flexibility index (Phi) is 6.76. The summed E-state index contributed by atoms with van der Waals surface area (Å²) >= 11 is 0. The van der Waals surface area contributed by atoms with E-state index in [4.69, 9.17) is 0 Å². The second kappa shape index (κ2) is 7.33. The molecule has 0 aliphatic rings. The summed E-state index contributed by atoms with van der Waals surface area (Å²) < 4.78 is 4.42. The van der Waals surface area contributed by atoms with Crippen LogP contribution in [0.25, 0.3) is 0 Å². The topological polar surface area (TPSA) is 46.5 Å². The summed E-state index contributed by atoms with van der Waals surface area (Å²) in [5.41, 5.74) is 0. The number of allylic oxidation sites excluding steroid dienone is 2. The molecule has 0 saturated carbocycles. The highest BCUT2D eigenvalue weighted by Crippen LogP contribution is 2.07. The van der Waals surface area contributed by atoms with E-state index in [1.165, 1.54) is 13.2 Å². The number of rotatable bonds is 5. The van der Waals surface area contributed by atoms with E-state index in [0.29, 0.717) is 0 Å². The van der Waals surface area contributed by atoms with Gasteiger partial charge < -0.3 is 9.84 Å². The number of ether oxygens (including phenoxy) is 1. The van der Waals surface area contributed by atoms with Gasteiger partial charge in [-0.25, -0.2) is 4.79 Å². The summed E-state index contributed by atoms with van der Waals surface area (Å²) in [6, 6.07) is 0. The highest BCUT2D eigenvalue weighted by molar-refractivity contribution is 5.82. The Morgan fingerprint density at radius 1 is 1.50 bits per heavy atom. The zero-order valence-electron chi connectivity index (χ0n) is 8.93. The summed E-state index contributed by atoms with van der Waals surface area (Å²) in [7, 11) is 1.33. The van der Waals surface area contributed by atoms with Gasteiger partial charge in [-0.3, -0.25) is 0 Å². The molecule has 0 aliphatic carbocycles. The SMILES string of the molecule is CCC(O)C(C)/C=C/C=C/C(=O)OC. The monoisotopic (exact) mass is 198 g/mol. The lowest BCUT2D eigenvalue weighted by Gasteiger charge is -2.11. The third kappa shape index (κ3) is 5.54. The van der Waals surface area contributed by atoms with E-state index < -0.39 is 0 Å². The molecule has 3 nitrogen and oxygen atoms in total. The van der Waals surface area contributed by atoms with Crippen LogP contribution in [0.15, 0.2) is 24.3 Å². The van der Waals surface area contributed by atoms with Gasteiger partial charge >= 0.3 is 5.97 Å². The molecule has 2 unspecified atom stereocenters. The van der Waals surface area contributed by atoms with Gasteiger partial charge in [0.1, 0.15) is 0 Å². The molecule has 0 aromatic heterocycles. The van der Waals surface area contributed by atoms with E-state index in [9.17, 15) is 9.90 Å². The van der Waals surface area contributed by atoms with Crippen molar-refractivity contribution in [2.75, 3.05) is 7.11 Å². The number of carbonyl (C=O) groups excluding carboxylic acids is 1. The fraction of sp³-hybridized carbons (Fsp3) is 0.545. The molecule has 0 fully saturated rings. The molecule has 0 spiro atoms. The Labute approximate surface area is 85.1 Å². The lowest BCUT2D eigenvalue weighted by molar-refractivity contribution is -0.134. The van der Waals surface area contributed by atoms with E-state index in [-0.39, 0.29) is 18.0 Å². The second-order valence-electron chi connectivity index (χ2n) is 3.10. The van der Waals surface area contributed by atoms with Gasteiger partial charge in [-0.05, 0) is 6.42 Å². The lowest BCUT2D eigenvalue weighted by Crippen LogP contribution is -2.13. The lowest BCUT2D eigenvalue weighted by atomic mass is 10.0. The van der Waals surface area contributed by atoms with Crippen LogP contribution in [-0.2, 0) is 9.53 Å². The van der Waals surface area contributed by atoms with Gasteiger partial charge in [0.2, 0.25) is 0 Å². The summed E-state index contributed by atoms with van der Waals surface area (Å²) in [6.07, 6.45) is 6.94. The molecule has 0 rings (SSSR count). The van der Waals surface area contributed by atoms with Gasteiger partial charge in [0, 0.05) is 12.0 Å². The summed E-state index contributed by atoms with van der Waals surface area (Å²) in [6.45, 7) is 3.86. The number of carbonyl (C=O) groups is 1. The molecule has 0 aromatic rings. The Morgan fingerprint density at radius 3 is 2.64 bits per heavy atom. The molecule has 0 heterocycles. The molecule has 0 saturated heterocycles. The Hall–Kier alpha value is -1.09. The first-order valence-electron chi connectivity index (χ1n) is 4.72. The van der Waals surface area contributed by atoms with E-state index in [1.807, 2.05) is 19.9 Å². The van der Waals surface area contributed by atoms with Crippen molar-refractivity contribution in [1.82, 2.24) is 0 Å². The predicted octanol–water partition coefficient (Wildman–Crippen LogP) is 1.68. The smallest absolute Gasteiger partial charge is 0.330 e. The summed E-state index contributed by atoms with van der Waals surface area (Å²) in [4.78, 5) is 10.7. The Bertz CT molecular complexity index is 219. The molecule has 0 amide bonds. The van der Waals surface area contributed by atoms with Crippen LogP contribution in [0.2, 0.25) is 0 Å². The highest BCUT2D eigenvalue weighted by Gasteiger charge is 2.06. The number of hydrogen-bond donors (Lipinski definition) is 1. The quantitative estimate of drug-likeness (QED) is 0.415. The molecule has 3 heteroatoms. The third-order valence-corrected chi connectivity index (χ3v) is 1.98. The number of hydrogen-bond acceptors (Lipinski definition) is 3. The second-order valence-corrected chi connectivity index (χ2v) is 3.10. The van der Waals surface area contributed by atoms with Crippen LogP contribution in [-0.4, -0.2) is 24.3 Å². The zero-order valence-corrected chi connectivity index (χ0v) is 8.93. The van der Waals surface area contributed by atoms with Crippen molar-refractivity contribution >= 4 is 5.97 Å². The van der Waals surface area contributed by atoms with Gasteiger partial charge in [-0.1, -0.05) is 32.1 Å². The third-order valence-electron chi connectivity index (χ3n) is 1.98. The minimum Gasteiger partial charge on any atom is -0.466 e. The maximum atomic E-state index is 10.7. The van der Waals surface area contributed by atoms with Crippen LogP contribution in [0.4, 0.5) is 0 Å². The van der Waals surface area contributed by atoms with Crippen molar-refractivity contribution in [2.45, 2.75) is 26.4 Å². The van der Waals surface area contributed by atoms with Crippen molar-refractivity contribution in [3.63, 3.8) is 0 Å². The van der Waals surface area contributed by atoms with E-state index in [1.54, 1.807) is 12.2 Å². The van der Waals surface area contributed by atoms with Crippen molar-refractivity contribution in [3.8, 4) is 0 Å². The largest absolute Gasteiger partial charge is 0.466 e. The molecule has 0 aromatic carbocycles. The fourth-order valence-corrected chi connectivity index (χ4v) is 0.942. The minimum absolute atomic E-state index is 0.0993. The normalized spacial score (nSPS) is 16.0. The van der Waals surface area contributed by atoms with Crippen LogP contribution in [0.5, 0.6) is 0 Å². The molecule has 14 heavy (non-hydrogen) atoms. The van der Waals surface area contributed by atoms with Crippen LogP contribution < -0.4 is 0 Å². The van der Waals surface area contributed by atoms with Crippen molar-refractivity contribution in [2.24, 2.45) is 5.92 Å². The minimum atomic E-state index is -0.377. The molecule has 0 bridgehead atoms. The first kappa shape index (κ1) is 12.9. The van der Waals surface area contributed by atoms with Crippen molar-refractivity contribution in [3.05, 3.63) is 24.3 Å². The average Bonchev–Trinajstić information content (AvgIpc) is 2.22. The van der Waals surface area contributed by atoms with E-state index >= 15 is 0 Å². The molecule has 1 N–H and O–H groups in total. The average molecular weight is 198 g/mol. The van der Waals surface area contributed by atoms with Gasteiger partial charge in [-0.2, -0.15) is 0 Å². The van der Waals surface area contributed by atoms with Crippen LogP contribution in [0.3, 0.4) is 0 Å². The van der Waals surface area contributed by atoms with Crippen molar-refractivity contribution in [1.29, 1.82) is 0 Å². The summed E-state index contributed by atoms with van der Waals surface area (Å²) in [5, 5.41) is 9.41. The highest BCUT2D eigenvalue weighted by atomic mass is 16.5. The van der Waals surface area contributed by atoms with Crippen LogP contribution in [0.1, 0.15) is 20.3 Å². The molecular weight excluding hydrogens is 180 g/mol. The zero-order chi connectivity index (χ0) is 11.0. The number of aliphatic hydroxyl groups is 1. The molecule has 80 valence electrons. The maximum absolute atomic E-state index is 10.7. The Morgan fingerprint density at radius 2 is 2.14 bits per heavy atom. The van der Waals surface area contributed by atoms with E-state index in [0.717, 1.165) is 6.42 Å². The van der Waals surface area contributed by atoms with Gasteiger partial charge in [0.05, 0.1) is 13.2 Å². The summed E-state index contributed by atoms with van der Waals surface area (Å²) in [5.74, 6) is -0.277. The van der Waals surface area contributed by atoms with Crippen LogP contribution in [0, 0.1) is 5.92 Å². The van der Waals surface area contributed by atoms with Gasteiger partial charge in [0.25, 0.3) is 0 Å². The van der Waals surface area contributed by atoms with Gasteiger partial charge in [-0.15, -0.1) is 0 Å². The van der Waals surface area contributed by atoms with Crippen LogP contribution >= 0.6 is 0 Å². The van der Waals surface area contributed by atoms with Gasteiger partial charge in [0.15, 0.2) is 0 Å². The first-order valence-corrected chi connectivity index (χ1v) is 4.72. The fourth-order valence-electron chi connectivity index (χ4n) is 0.942. The number of esters is 1. The van der Waals surface area contributed by atoms with E-state index in [2.05, 4.69) is 4.74 Å².